The Balaban J connectivity index is 1.90. The third kappa shape index (κ3) is 3.64. The lowest BCUT2D eigenvalue weighted by Gasteiger charge is -2.29. The smallest absolute Gasteiger partial charge is 0.243 e. The fraction of sp³-hybridized carbons (Fsp3) is 0.211. The van der Waals surface area contributed by atoms with Crippen LogP contribution in [0.15, 0.2) is 59.5 Å². The molecule has 1 aliphatic heterocycles. The minimum Gasteiger partial charge on any atom is -0.388 e. The zero-order valence-corrected chi connectivity index (χ0v) is 14.6. The van der Waals surface area contributed by atoms with Crippen molar-refractivity contribution in [1.82, 2.24) is 4.31 Å². The first-order valence-electron chi connectivity index (χ1n) is 7.86. The molecule has 0 aliphatic carbocycles. The summed E-state index contributed by atoms with van der Waals surface area (Å²) < 4.78 is 27.0. The highest BCUT2D eigenvalue weighted by molar-refractivity contribution is 7.89. The number of benzene rings is 2. The van der Waals surface area contributed by atoms with Crippen molar-refractivity contribution in [3.05, 3.63) is 71.3 Å². The van der Waals surface area contributed by atoms with Crippen LogP contribution >= 0.6 is 0 Å². The lowest BCUT2D eigenvalue weighted by Crippen LogP contribution is -2.41. The van der Waals surface area contributed by atoms with Crippen LogP contribution in [0.1, 0.15) is 16.7 Å². The summed E-state index contributed by atoms with van der Waals surface area (Å²) in [6.45, 7) is 2.10. The van der Waals surface area contributed by atoms with Gasteiger partial charge in [-0.15, -0.1) is 0 Å². The van der Waals surface area contributed by atoms with E-state index >= 15 is 0 Å². The summed E-state index contributed by atoms with van der Waals surface area (Å²) in [5, 5.41) is 19.0. The minimum atomic E-state index is -3.69. The summed E-state index contributed by atoms with van der Waals surface area (Å²) in [7, 11) is -3.69. The maximum atomic E-state index is 12.9. The molecule has 1 aliphatic rings. The first kappa shape index (κ1) is 17.4. The molecule has 128 valence electrons. The molecule has 0 saturated carbocycles. The van der Waals surface area contributed by atoms with Crippen LogP contribution in [0.2, 0.25) is 0 Å². The lowest BCUT2D eigenvalue weighted by atomic mass is 10.0. The van der Waals surface area contributed by atoms with Crippen molar-refractivity contribution < 1.29 is 13.5 Å². The predicted octanol–water partition coefficient (Wildman–Crippen LogP) is 2.32. The highest BCUT2D eigenvalue weighted by atomic mass is 32.2. The summed E-state index contributed by atoms with van der Waals surface area (Å²) in [5.41, 5.74) is 3.03. The van der Waals surface area contributed by atoms with E-state index in [1.807, 2.05) is 13.0 Å². The number of aliphatic hydroxyl groups is 1. The summed E-state index contributed by atoms with van der Waals surface area (Å²) in [5.74, 6) is 0. The molecule has 25 heavy (non-hydrogen) atoms. The summed E-state index contributed by atoms with van der Waals surface area (Å²) in [4.78, 5) is 0.214. The Kier molecular flexibility index (Phi) is 4.73. The van der Waals surface area contributed by atoms with Gasteiger partial charge in [0.15, 0.2) is 0 Å². The van der Waals surface area contributed by atoms with Crippen molar-refractivity contribution in [2.75, 3.05) is 13.1 Å². The number of nitrogens with zero attached hydrogens (tertiary/aromatic N) is 2. The van der Waals surface area contributed by atoms with Crippen molar-refractivity contribution in [3.63, 3.8) is 0 Å². The van der Waals surface area contributed by atoms with E-state index in [1.165, 1.54) is 4.31 Å². The van der Waals surface area contributed by atoms with E-state index in [-0.39, 0.29) is 18.0 Å². The van der Waals surface area contributed by atoms with Crippen LogP contribution in [0.4, 0.5) is 0 Å². The van der Waals surface area contributed by atoms with Gasteiger partial charge in [-0.3, -0.25) is 0 Å². The average Bonchev–Trinajstić information content (AvgIpc) is 2.61. The second kappa shape index (κ2) is 6.81. The van der Waals surface area contributed by atoms with Crippen molar-refractivity contribution in [2.24, 2.45) is 0 Å². The average molecular weight is 354 g/mol. The maximum Gasteiger partial charge on any atom is 0.243 e. The number of nitriles is 1. The molecule has 1 heterocycles. The molecular formula is C19H18N2O3S. The van der Waals surface area contributed by atoms with Crippen LogP contribution in [-0.4, -0.2) is 37.0 Å². The topological polar surface area (TPSA) is 81.4 Å². The summed E-state index contributed by atoms with van der Waals surface area (Å²) >= 11 is 0. The standard InChI is InChI=1S/C19H18N2O3S/c1-14-2-8-19(9-3-14)25(23,24)21-12-17(10-18(22)13-21)16-6-4-15(11-20)5-7-16/h2-10,18,22H,12-13H2,1H3. The van der Waals surface area contributed by atoms with Gasteiger partial charge in [-0.2, -0.15) is 9.57 Å². The van der Waals surface area contributed by atoms with Gasteiger partial charge in [0.25, 0.3) is 0 Å². The second-order valence-corrected chi connectivity index (χ2v) is 8.00. The van der Waals surface area contributed by atoms with Crippen LogP contribution in [0.25, 0.3) is 5.57 Å². The van der Waals surface area contributed by atoms with Crippen LogP contribution in [0.3, 0.4) is 0 Å². The number of rotatable bonds is 3. The maximum absolute atomic E-state index is 12.9. The molecule has 2 aromatic carbocycles. The molecule has 0 aromatic heterocycles. The van der Waals surface area contributed by atoms with Crippen LogP contribution < -0.4 is 0 Å². The highest BCUT2D eigenvalue weighted by Gasteiger charge is 2.30. The number of aliphatic hydroxyl groups excluding tert-OH is 1. The molecule has 0 radical (unpaired) electrons. The molecule has 1 unspecified atom stereocenters. The normalized spacial score (nSPS) is 18.4. The Bertz CT molecular complexity index is 940. The lowest BCUT2D eigenvalue weighted by molar-refractivity contribution is 0.186. The largest absolute Gasteiger partial charge is 0.388 e. The fourth-order valence-electron chi connectivity index (χ4n) is 2.79. The van der Waals surface area contributed by atoms with Crippen molar-refractivity contribution in [2.45, 2.75) is 17.9 Å². The van der Waals surface area contributed by atoms with E-state index < -0.39 is 16.1 Å². The Labute approximate surface area is 147 Å². The molecule has 1 N–H and O–H groups in total. The minimum absolute atomic E-state index is 0.0238. The molecule has 0 bridgehead atoms. The molecule has 6 heteroatoms. The van der Waals surface area contributed by atoms with Gasteiger partial charge in [-0.05, 0) is 48.4 Å². The van der Waals surface area contributed by atoms with E-state index in [0.717, 1.165) is 16.7 Å². The molecule has 3 rings (SSSR count). The number of β-amino-alcohol motifs (C(OH)–C–C–N with tert-alkyl or cyclic N) is 1. The predicted molar refractivity (Wildman–Crippen MR) is 95.1 cm³/mol. The number of sulfonamides is 1. The van der Waals surface area contributed by atoms with E-state index in [0.29, 0.717) is 5.56 Å². The summed E-state index contributed by atoms with van der Waals surface area (Å²) in [6, 6.07) is 15.6. The zero-order chi connectivity index (χ0) is 18.0. The van der Waals surface area contributed by atoms with Gasteiger partial charge in [0.2, 0.25) is 10.0 Å². The Morgan fingerprint density at radius 2 is 1.76 bits per heavy atom. The third-order valence-corrected chi connectivity index (χ3v) is 6.00. The van der Waals surface area contributed by atoms with E-state index in [4.69, 9.17) is 5.26 Å². The zero-order valence-electron chi connectivity index (χ0n) is 13.8. The van der Waals surface area contributed by atoms with E-state index in [2.05, 4.69) is 0 Å². The monoisotopic (exact) mass is 354 g/mol. The fourth-order valence-corrected chi connectivity index (χ4v) is 4.23. The summed E-state index contributed by atoms with van der Waals surface area (Å²) in [6.07, 6.45) is 0.794. The Morgan fingerprint density at radius 3 is 2.36 bits per heavy atom. The molecule has 2 aromatic rings. The number of hydrogen-bond acceptors (Lipinski definition) is 4. The van der Waals surface area contributed by atoms with Gasteiger partial charge in [0.1, 0.15) is 0 Å². The molecule has 0 spiro atoms. The van der Waals surface area contributed by atoms with Gasteiger partial charge in [0, 0.05) is 13.1 Å². The third-order valence-electron chi connectivity index (χ3n) is 4.17. The Hall–Kier alpha value is -2.46. The molecule has 0 fully saturated rings. The SMILES string of the molecule is Cc1ccc(S(=O)(=O)N2CC(c3ccc(C#N)cc3)=CC(O)C2)cc1. The van der Waals surface area contributed by atoms with E-state index in [9.17, 15) is 13.5 Å². The quantitative estimate of drug-likeness (QED) is 0.917. The van der Waals surface area contributed by atoms with Crippen LogP contribution in [0.5, 0.6) is 0 Å². The Morgan fingerprint density at radius 1 is 1.12 bits per heavy atom. The van der Waals surface area contributed by atoms with Crippen molar-refractivity contribution >= 4 is 15.6 Å². The molecule has 0 amide bonds. The molecular weight excluding hydrogens is 336 g/mol. The molecule has 1 atom stereocenters. The van der Waals surface area contributed by atoms with Gasteiger partial charge >= 0.3 is 0 Å². The highest BCUT2D eigenvalue weighted by Crippen LogP contribution is 2.26. The van der Waals surface area contributed by atoms with Gasteiger partial charge in [0.05, 0.1) is 22.6 Å². The van der Waals surface area contributed by atoms with E-state index in [1.54, 1.807) is 54.6 Å². The van der Waals surface area contributed by atoms with Crippen molar-refractivity contribution in [1.29, 1.82) is 5.26 Å². The van der Waals surface area contributed by atoms with Gasteiger partial charge < -0.3 is 5.11 Å². The van der Waals surface area contributed by atoms with Gasteiger partial charge in [-0.25, -0.2) is 8.42 Å². The first-order valence-corrected chi connectivity index (χ1v) is 9.30. The first-order chi connectivity index (χ1) is 11.9. The molecule has 0 saturated heterocycles. The van der Waals surface area contributed by atoms with Crippen LogP contribution in [-0.2, 0) is 10.0 Å². The number of aryl methyl sites for hydroxylation is 1. The second-order valence-electron chi connectivity index (χ2n) is 6.06. The van der Waals surface area contributed by atoms with Crippen molar-refractivity contribution in [3.8, 4) is 6.07 Å². The molecule has 5 nitrogen and oxygen atoms in total. The van der Waals surface area contributed by atoms with Crippen LogP contribution in [0, 0.1) is 18.3 Å². The van der Waals surface area contributed by atoms with Gasteiger partial charge in [-0.1, -0.05) is 29.8 Å². The number of hydrogen-bond donors (Lipinski definition) is 1.